The summed E-state index contributed by atoms with van der Waals surface area (Å²) >= 11 is 0. The van der Waals surface area contributed by atoms with Crippen molar-refractivity contribution in [1.82, 2.24) is 0 Å². The molecule has 104 valence electrons. The van der Waals surface area contributed by atoms with Crippen LogP contribution in [-0.4, -0.2) is 5.91 Å². The summed E-state index contributed by atoms with van der Waals surface area (Å²) in [7, 11) is 0. The highest BCUT2D eigenvalue weighted by Gasteiger charge is 2.08. The first-order chi connectivity index (χ1) is 10.2. The van der Waals surface area contributed by atoms with E-state index in [2.05, 4.69) is 5.32 Å². The van der Waals surface area contributed by atoms with Crippen LogP contribution in [0.15, 0.2) is 66.7 Å². The number of para-hydroxylation sites is 1. The van der Waals surface area contributed by atoms with Gasteiger partial charge in [0.2, 0.25) is 5.91 Å². The molecule has 1 N–H and O–H groups in total. The minimum Gasteiger partial charge on any atom is -0.457 e. The van der Waals surface area contributed by atoms with Gasteiger partial charge in [0.05, 0.1) is 0 Å². The lowest BCUT2D eigenvalue weighted by atomic mass is 10.1. The highest BCUT2D eigenvalue weighted by molar-refractivity contribution is 6.03. The SMILES string of the molecule is CC(=O)Nc1ccc(Oc2ccccc2)c2ccccc12. The van der Waals surface area contributed by atoms with E-state index in [1.807, 2.05) is 66.7 Å². The van der Waals surface area contributed by atoms with E-state index in [1.54, 1.807) is 0 Å². The maximum atomic E-state index is 11.3. The Balaban J connectivity index is 2.06. The van der Waals surface area contributed by atoms with Gasteiger partial charge >= 0.3 is 0 Å². The Hall–Kier alpha value is -2.81. The van der Waals surface area contributed by atoms with E-state index in [4.69, 9.17) is 4.74 Å². The van der Waals surface area contributed by atoms with Crippen LogP contribution in [0.25, 0.3) is 10.8 Å². The number of hydrogen-bond donors (Lipinski definition) is 1. The molecule has 0 radical (unpaired) electrons. The number of hydrogen-bond acceptors (Lipinski definition) is 2. The number of fused-ring (bicyclic) bond motifs is 1. The van der Waals surface area contributed by atoms with Gasteiger partial charge < -0.3 is 10.1 Å². The topological polar surface area (TPSA) is 38.3 Å². The normalized spacial score (nSPS) is 10.3. The number of rotatable bonds is 3. The van der Waals surface area contributed by atoms with Crippen LogP contribution in [0.4, 0.5) is 5.69 Å². The highest BCUT2D eigenvalue weighted by Crippen LogP contribution is 2.34. The summed E-state index contributed by atoms with van der Waals surface area (Å²) in [5.41, 5.74) is 0.790. The van der Waals surface area contributed by atoms with Crippen LogP contribution in [0.1, 0.15) is 6.92 Å². The van der Waals surface area contributed by atoms with Crippen molar-refractivity contribution in [2.24, 2.45) is 0 Å². The van der Waals surface area contributed by atoms with Gasteiger partial charge in [-0.2, -0.15) is 0 Å². The molecule has 0 aliphatic heterocycles. The van der Waals surface area contributed by atoms with Crippen LogP contribution < -0.4 is 10.1 Å². The summed E-state index contributed by atoms with van der Waals surface area (Å²) in [6.07, 6.45) is 0. The van der Waals surface area contributed by atoms with E-state index < -0.39 is 0 Å². The first-order valence-corrected chi connectivity index (χ1v) is 6.76. The second-order valence-corrected chi connectivity index (χ2v) is 4.75. The van der Waals surface area contributed by atoms with E-state index >= 15 is 0 Å². The molecule has 0 unspecified atom stereocenters. The smallest absolute Gasteiger partial charge is 0.221 e. The van der Waals surface area contributed by atoms with Crippen LogP contribution in [0, 0.1) is 0 Å². The Labute approximate surface area is 123 Å². The van der Waals surface area contributed by atoms with Gasteiger partial charge in [0.25, 0.3) is 0 Å². The van der Waals surface area contributed by atoms with E-state index in [9.17, 15) is 4.79 Å². The molecule has 3 aromatic rings. The molecule has 0 heterocycles. The second kappa shape index (κ2) is 5.67. The number of nitrogens with one attached hydrogen (secondary N) is 1. The molecule has 3 heteroatoms. The fraction of sp³-hybridized carbons (Fsp3) is 0.0556. The minimum absolute atomic E-state index is 0.0862. The number of carbonyl (C=O) groups excluding carboxylic acids is 1. The van der Waals surface area contributed by atoms with Gasteiger partial charge in [-0.05, 0) is 24.3 Å². The van der Waals surface area contributed by atoms with Crippen molar-refractivity contribution in [2.75, 3.05) is 5.32 Å². The van der Waals surface area contributed by atoms with Crippen molar-refractivity contribution in [3.8, 4) is 11.5 Å². The lowest BCUT2D eigenvalue weighted by molar-refractivity contribution is -0.114. The molecule has 3 rings (SSSR count). The third kappa shape index (κ3) is 2.87. The molecule has 1 amide bonds. The Morgan fingerprint density at radius 3 is 2.24 bits per heavy atom. The number of carbonyl (C=O) groups is 1. The van der Waals surface area contributed by atoms with Crippen LogP contribution in [0.5, 0.6) is 11.5 Å². The van der Waals surface area contributed by atoms with Gasteiger partial charge in [0.15, 0.2) is 0 Å². The molecule has 0 atom stereocenters. The van der Waals surface area contributed by atoms with Gasteiger partial charge in [-0.1, -0.05) is 42.5 Å². The zero-order valence-corrected chi connectivity index (χ0v) is 11.7. The third-order valence-corrected chi connectivity index (χ3v) is 3.17. The Kier molecular flexibility index (Phi) is 3.56. The van der Waals surface area contributed by atoms with Gasteiger partial charge in [0, 0.05) is 23.4 Å². The first kappa shape index (κ1) is 13.2. The molecule has 0 bridgehead atoms. The molecule has 0 saturated carbocycles. The van der Waals surface area contributed by atoms with Crippen LogP contribution in [0.2, 0.25) is 0 Å². The fourth-order valence-corrected chi connectivity index (χ4v) is 2.27. The number of ether oxygens (including phenoxy) is 1. The van der Waals surface area contributed by atoms with E-state index in [0.29, 0.717) is 0 Å². The van der Waals surface area contributed by atoms with Crippen molar-refractivity contribution in [3.05, 3.63) is 66.7 Å². The molecule has 3 aromatic carbocycles. The molecule has 0 aromatic heterocycles. The molecule has 0 aliphatic carbocycles. The van der Waals surface area contributed by atoms with Gasteiger partial charge in [-0.3, -0.25) is 4.79 Å². The summed E-state index contributed by atoms with van der Waals surface area (Å²) in [5, 5.41) is 4.77. The predicted molar refractivity (Wildman–Crippen MR) is 84.8 cm³/mol. The average Bonchev–Trinajstić information content (AvgIpc) is 2.50. The quantitative estimate of drug-likeness (QED) is 0.760. The maximum absolute atomic E-state index is 11.3. The zero-order chi connectivity index (χ0) is 14.7. The monoisotopic (exact) mass is 277 g/mol. The van der Waals surface area contributed by atoms with E-state index in [0.717, 1.165) is 28.0 Å². The highest BCUT2D eigenvalue weighted by atomic mass is 16.5. The average molecular weight is 277 g/mol. The minimum atomic E-state index is -0.0862. The molecule has 0 spiro atoms. The number of anilines is 1. The zero-order valence-electron chi connectivity index (χ0n) is 11.7. The fourth-order valence-electron chi connectivity index (χ4n) is 2.27. The maximum Gasteiger partial charge on any atom is 0.221 e. The second-order valence-electron chi connectivity index (χ2n) is 4.75. The van der Waals surface area contributed by atoms with E-state index in [-0.39, 0.29) is 5.91 Å². The Morgan fingerprint density at radius 1 is 0.857 bits per heavy atom. The Morgan fingerprint density at radius 2 is 1.52 bits per heavy atom. The third-order valence-electron chi connectivity index (χ3n) is 3.17. The lowest BCUT2D eigenvalue weighted by Gasteiger charge is -2.12. The summed E-state index contributed by atoms with van der Waals surface area (Å²) in [6, 6.07) is 21.2. The van der Waals surface area contributed by atoms with Crippen LogP contribution in [-0.2, 0) is 4.79 Å². The first-order valence-electron chi connectivity index (χ1n) is 6.76. The largest absolute Gasteiger partial charge is 0.457 e. The van der Waals surface area contributed by atoms with Crippen molar-refractivity contribution in [1.29, 1.82) is 0 Å². The lowest BCUT2D eigenvalue weighted by Crippen LogP contribution is -2.06. The molecular formula is C18H15NO2. The van der Waals surface area contributed by atoms with Crippen LogP contribution >= 0.6 is 0 Å². The van der Waals surface area contributed by atoms with Crippen LogP contribution in [0.3, 0.4) is 0 Å². The molecular weight excluding hydrogens is 262 g/mol. The van der Waals surface area contributed by atoms with Gasteiger partial charge in [0.1, 0.15) is 11.5 Å². The molecule has 0 aliphatic rings. The molecule has 3 nitrogen and oxygen atoms in total. The van der Waals surface area contributed by atoms with E-state index in [1.165, 1.54) is 6.92 Å². The molecule has 0 fully saturated rings. The van der Waals surface area contributed by atoms with Crippen molar-refractivity contribution < 1.29 is 9.53 Å². The standard InChI is InChI=1S/C18H15NO2/c1-13(20)19-17-11-12-18(16-10-6-5-9-15(16)17)21-14-7-3-2-4-8-14/h2-12H,1H3,(H,19,20). The van der Waals surface area contributed by atoms with Crippen molar-refractivity contribution in [3.63, 3.8) is 0 Å². The van der Waals surface area contributed by atoms with Crippen molar-refractivity contribution in [2.45, 2.75) is 6.92 Å². The van der Waals surface area contributed by atoms with Crippen molar-refractivity contribution >= 4 is 22.4 Å². The number of amides is 1. The molecule has 21 heavy (non-hydrogen) atoms. The predicted octanol–water partition coefficient (Wildman–Crippen LogP) is 4.59. The summed E-state index contributed by atoms with van der Waals surface area (Å²) < 4.78 is 5.94. The van der Waals surface area contributed by atoms with Gasteiger partial charge in [-0.15, -0.1) is 0 Å². The summed E-state index contributed by atoms with van der Waals surface area (Å²) in [6.45, 7) is 1.50. The summed E-state index contributed by atoms with van der Waals surface area (Å²) in [5.74, 6) is 1.47. The molecule has 0 saturated heterocycles. The van der Waals surface area contributed by atoms with Gasteiger partial charge in [-0.25, -0.2) is 0 Å². The summed E-state index contributed by atoms with van der Waals surface area (Å²) in [4.78, 5) is 11.3. The Bertz CT molecular complexity index is 782. The number of benzene rings is 3.